The number of halogens is 1. The Balaban J connectivity index is 1.84. The Morgan fingerprint density at radius 1 is 1.11 bits per heavy atom. The number of benzene rings is 3. The number of carboxylic acid groups (broad SMARTS) is 1. The second-order valence-electron chi connectivity index (χ2n) is 9.60. The minimum absolute atomic E-state index is 0.00894. The SMILES string of the molecule is Cc1cccc(S(=O)(=O)N2C[C@H](CC(C)(C)C(=O)O)Oc3ccc(-c4cccc(C)c4Cl)cc32)c1. The number of hydrogen-bond acceptors (Lipinski definition) is 4. The fraction of sp³-hybridized carbons (Fsp3) is 0.296. The molecule has 0 aromatic heterocycles. The van der Waals surface area contributed by atoms with E-state index in [0.717, 1.165) is 22.3 Å². The summed E-state index contributed by atoms with van der Waals surface area (Å²) in [6, 6.07) is 17.8. The lowest BCUT2D eigenvalue weighted by Gasteiger charge is -2.38. The van der Waals surface area contributed by atoms with Crippen LogP contribution in [0.15, 0.2) is 65.6 Å². The molecule has 35 heavy (non-hydrogen) atoms. The topological polar surface area (TPSA) is 83.9 Å². The van der Waals surface area contributed by atoms with Gasteiger partial charge >= 0.3 is 5.97 Å². The number of fused-ring (bicyclic) bond motifs is 1. The number of aryl methyl sites for hydroxylation is 2. The third-order valence-corrected chi connectivity index (χ3v) is 8.57. The minimum atomic E-state index is -3.95. The highest BCUT2D eigenvalue weighted by Crippen LogP contribution is 2.43. The number of hydrogen-bond donors (Lipinski definition) is 1. The molecule has 4 rings (SSSR count). The lowest BCUT2D eigenvalue weighted by atomic mass is 9.86. The maximum Gasteiger partial charge on any atom is 0.309 e. The number of carboxylic acids is 1. The van der Waals surface area contributed by atoms with Crippen LogP contribution in [0.2, 0.25) is 5.02 Å². The molecular formula is C27H28ClNO5S. The van der Waals surface area contributed by atoms with E-state index < -0.39 is 27.5 Å². The molecule has 3 aromatic carbocycles. The Morgan fingerprint density at radius 3 is 2.51 bits per heavy atom. The van der Waals surface area contributed by atoms with E-state index in [0.29, 0.717) is 16.5 Å². The smallest absolute Gasteiger partial charge is 0.309 e. The largest absolute Gasteiger partial charge is 0.486 e. The Bertz CT molecular complexity index is 1400. The average molecular weight is 514 g/mol. The number of rotatable bonds is 6. The summed E-state index contributed by atoms with van der Waals surface area (Å²) in [7, 11) is -3.95. The zero-order chi connectivity index (χ0) is 25.5. The molecule has 0 saturated carbocycles. The third kappa shape index (κ3) is 4.88. The maximum absolute atomic E-state index is 13.8. The summed E-state index contributed by atoms with van der Waals surface area (Å²) < 4.78 is 35.2. The van der Waals surface area contributed by atoms with Gasteiger partial charge in [0.1, 0.15) is 11.9 Å². The van der Waals surface area contributed by atoms with Crippen LogP contribution < -0.4 is 9.04 Å². The molecule has 1 heterocycles. The van der Waals surface area contributed by atoms with Gasteiger partial charge in [0, 0.05) is 12.0 Å². The molecule has 0 spiro atoms. The average Bonchev–Trinajstić information content (AvgIpc) is 2.79. The second kappa shape index (κ2) is 9.21. The molecule has 0 saturated heterocycles. The van der Waals surface area contributed by atoms with Crippen molar-refractivity contribution in [2.75, 3.05) is 10.8 Å². The van der Waals surface area contributed by atoms with Crippen LogP contribution in [0.25, 0.3) is 11.1 Å². The molecule has 0 fully saturated rings. The first-order valence-electron chi connectivity index (χ1n) is 11.3. The summed E-state index contributed by atoms with van der Waals surface area (Å²) in [6.45, 7) is 6.96. The molecule has 1 N–H and O–H groups in total. The number of aliphatic carboxylic acids is 1. The zero-order valence-corrected chi connectivity index (χ0v) is 21.7. The lowest BCUT2D eigenvalue weighted by Crippen LogP contribution is -2.46. The van der Waals surface area contributed by atoms with Crippen molar-refractivity contribution < 1.29 is 23.1 Å². The van der Waals surface area contributed by atoms with Gasteiger partial charge in [-0.25, -0.2) is 8.42 Å². The standard InChI is InChI=1S/C27H28ClNO5S/c1-17-7-5-9-21(13-17)35(32,33)29-16-20(15-27(3,4)26(30)31)34-24-12-11-19(14-23(24)29)22-10-6-8-18(2)25(22)28/h5-14,20H,15-16H2,1-4H3,(H,30,31)/t20-/m0/s1. The molecule has 1 aliphatic heterocycles. The van der Waals surface area contributed by atoms with E-state index in [9.17, 15) is 18.3 Å². The summed E-state index contributed by atoms with van der Waals surface area (Å²) in [6.07, 6.45) is -0.492. The van der Waals surface area contributed by atoms with Gasteiger partial charge in [-0.15, -0.1) is 0 Å². The van der Waals surface area contributed by atoms with Gasteiger partial charge in [-0.05, 0) is 68.7 Å². The summed E-state index contributed by atoms with van der Waals surface area (Å²) in [5.74, 6) is -0.587. The molecule has 184 valence electrons. The normalized spacial score (nSPS) is 15.9. The van der Waals surface area contributed by atoms with Gasteiger partial charge in [0.05, 0.1) is 27.6 Å². The Labute approximate surface area is 211 Å². The molecule has 0 aliphatic carbocycles. The van der Waals surface area contributed by atoms with E-state index >= 15 is 0 Å². The summed E-state index contributed by atoms with van der Waals surface area (Å²) in [4.78, 5) is 11.9. The van der Waals surface area contributed by atoms with Gasteiger partial charge in [-0.3, -0.25) is 9.10 Å². The zero-order valence-electron chi connectivity index (χ0n) is 20.1. The van der Waals surface area contributed by atoms with Crippen LogP contribution in [-0.4, -0.2) is 32.1 Å². The van der Waals surface area contributed by atoms with Gasteiger partial charge in [0.25, 0.3) is 10.0 Å². The minimum Gasteiger partial charge on any atom is -0.486 e. The molecule has 0 unspecified atom stereocenters. The van der Waals surface area contributed by atoms with E-state index in [2.05, 4.69) is 0 Å². The van der Waals surface area contributed by atoms with Crippen molar-refractivity contribution in [2.45, 2.75) is 45.1 Å². The van der Waals surface area contributed by atoms with Crippen LogP contribution in [-0.2, 0) is 14.8 Å². The Morgan fingerprint density at radius 2 is 1.83 bits per heavy atom. The summed E-state index contributed by atoms with van der Waals surface area (Å²) in [5, 5.41) is 10.2. The first-order valence-corrected chi connectivity index (χ1v) is 13.1. The van der Waals surface area contributed by atoms with Gasteiger partial charge in [-0.1, -0.05) is 48.0 Å². The number of carbonyl (C=O) groups is 1. The molecule has 6 nitrogen and oxygen atoms in total. The van der Waals surface area contributed by atoms with Crippen molar-refractivity contribution in [3.63, 3.8) is 0 Å². The first kappa shape index (κ1) is 25.1. The second-order valence-corrected chi connectivity index (χ2v) is 11.8. The molecule has 0 bridgehead atoms. The van der Waals surface area contributed by atoms with Gasteiger partial charge < -0.3 is 9.84 Å². The number of nitrogens with zero attached hydrogens (tertiary/aromatic N) is 1. The van der Waals surface area contributed by atoms with Crippen LogP contribution in [0.1, 0.15) is 31.4 Å². The fourth-order valence-corrected chi connectivity index (χ4v) is 6.08. The first-order chi connectivity index (χ1) is 16.4. The number of anilines is 1. The van der Waals surface area contributed by atoms with Crippen LogP contribution in [0, 0.1) is 19.3 Å². The van der Waals surface area contributed by atoms with Gasteiger partial charge in [0.15, 0.2) is 0 Å². The highest BCUT2D eigenvalue weighted by molar-refractivity contribution is 7.92. The van der Waals surface area contributed by atoms with Crippen molar-refractivity contribution in [3.05, 3.63) is 76.8 Å². The lowest BCUT2D eigenvalue weighted by molar-refractivity contribution is -0.148. The van der Waals surface area contributed by atoms with E-state index in [-0.39, 0.29) is 17.9 Å². The van der Waals surface area contributed by atoms with Crippen molar-refractivity contribution in [1.29, 1.82) is 0 Å². The van der Waals surface area contributed by atoms with Crippen molar-refractivity contribution in [1.82, 2.24) is 0 Å². The monoisotopic (exact) mass is 513 g/mol. The van der Waals surface area contributed by atoms with E-state index in [1.54, 1.807) is 44.2 Å². The van der Waals surface area contributed by atoms with E-state index in [4.69, 9.17) is 16.3 Å². The molecule has 1 aliphatic rings. The molecule has 8 heteroatoms. The predicted molar refractivity (Wildman–Crippen MR) is 138 cm³/mol. The number of sulfonamides is 1. The van der Waals surface area contributed by atoms with E-state index in [1.807, 2.05) is 44.2 Å². The van der Waals surface area contributed by atoms with Crippen molar-refractivity contribution in [2.24, 2.45) is 5.41 Å². The Kier molecular flexibility index (Phi) is 6.60. The van der Waals surface area contributed by atoms with Crippen molar-refractivity contribution in [3.8, 4) is 16.9 Å². The molecule has 3 aromatic rings. The fourth-order valence-electron chi connectivity index (χ4n) is 4.24. The molecule has 1 atom stereocenters. The van der Waals surface area contributed by atoms with Crippen molar-refractivity contribution >= 4 is 33.3 Å². The molecule has 0 amide bonds. The quantitative estimate of drug-likeness (QED) is 0.431. The number of ether oxygens (including phenoxy) is 1. The Hall–Kier alpha value is -3.03. The summed E-state index contributed by atoms with van der Waals surface area (Å²) >= 11 is 6.56. The van der Waals surface area contributed by atoms with Crippen LogP contribution in [0.3, 0.4) is 0 Å². The molecular weight excluding hydrogens is 486 g/mol. The summed E-state index contributed by atoms with van der Waals surface area (Å²) in [5.41, 5.74) is 2.59. The van der Waals surface area contributed by atoms with Gasteiger partial charge in [0.2, 0.25) is 0 Å². The predicted octanol–water partition coefficient (Wildman–Crippen LogP) is 6.08. The highest BCUT2D eigenvalue weighted by atomic mass is 35.5. The molecule has 0 radical (unpaired) electrons. The highest BCUT2D eigenvalue weighted by Gasteiger charge is 2.39. The third-order valence-electron chi connectivity index (χ3n) is 6.29. The van der Waals surface area contributed by atoms with Crippen LogP contribution >= 0.6 is 11.6 Å². The van der Waals surface area contributed by atoms with Crippen LogP contribution in [0.5, 0.6) is 5.75 Å². The van der Waals surface area contributed by atoms with Crippen LogP contribution in [0.4, 0.5) is 5.69 Å². The van der Waals surface area contributed by atoms with E-state index in [1.165, 1.54) is 4.31 Å². The van der Waals surface area contributed by atoms with Gasteiger partial charge in [-0.2, -0.15) is 0 Å². The maximum atomic E-state index is 13.8.